The van der Waals surface area contributed by atoms with E-state index in [4.69, 9.17) is 0 Å². The molecular weight excluding hydrogens is 557 g/mol. The van der Waals surface area contributed by atoms with Crippen molar-refractivity contribution in [2.75, 3.05) is 0 Å². The number of carbonyl (C=O) groups is 2. The number of nitrogens with zero attached hydrogens (tertiary/aromatic N) is 5. The van der Waals surface area contributed by atoms with Crippen LogP contribution in [0.2, 0.25) is 0 Å². The lowest BCUT2D eigenvalue weighted by Crippen LogP contribution is -2.28. The van der Waals surface area contributed by atoms with Crippen LogP contribution in [0.5, 0.6) is 5.75 Å². The van der Waals surface area contributed by atoms with Gasteiger partial charge in [0.25, 0.3) is 5.91 Å². The highest BCUT2D eigenvalue weighted by Gasteiger charge is 2.31. The van der Waals surface area contributed by atoms with Crippen LogP contribution in [-0.4, -0.2) is 43.2 Å². The van der Waals surface area contributed by atoms with Crippen molar-refractivity contribution >= 4 is 23.0 Å². The molecule has 0 unspecified atom stereocenters. The average Bonchev–Trinajstić information content (AvgIpc) is 3.59. The van der Waals surface area contributed by atoms with Crippen molar-refractivity contribution in [2.24, 2.45) is 0 Å². The first-order chi connectivity index (χ1) is 19.7. The van der Waals surface area contributed by atoms with E-state index in [1.165, 1.54) is 29.5 Å². The van der Waals surface area contributed by atoms with Crippen LogP contribution in [0.25, 0.3) is 0 Å². The van der Waals surface area contributed by atoms with E-state index in [1.807, 2.05) is 37.3 Å². The third kappa shape index (κ3) is 9.48. The highest BCUT2D eigenvalue weighted by atomic mass is 32.1. The van der Waals surface area contributed by atoms with Gasteiger partial charge in [-0.05, 0) is 42.5 Å². The maximum Gasteiger partial charge on any atom is 0.573 e. The lowest BCUT2D eigenvalue weighted by molar-refractivity contribution is -0.274. The van der Waals surface area contributed by atoms with Gasteiger partial charge < -0.3 is 10.1 Å². The minimum atomic E-state index is -4.79. The third-order valence-electron chi connectivity index (χ3n) is 6.11. The van der Waals surface area contributed by atoms with E-state index in [0.717, 1.165) is 29.8 Å². The number of halogens is 3. The van der Waals surface area contributed by atoms with E-state index in [1.54, 1.807) is 16.9 Å². The van der Waals surface area contributed by atoms with Crippen LogP contribution in [0, 0.1) is 0 Å². The summed E-state index contributed by atoms with van der Waals surface area (Å²) in [6.07, 6.45) is -0.158. The fraction of sp³-hybridized carbons (Fsp3) is 0.357. The number of benzene rings is 2. The molecule has 4 rings (SSSR count). The van der Waals surface area contributed by atoms with Crippen molar-refractivity contribution in [2.45, 2.75) is 64.4 Å². The van der Waals surface area contributed by atoms with Crippen molar-refractivity contribution in [1.82, 2.24) is 30.5 Å². The number of aromatic nitrogens is 5. The molecule has 1 amide bonds. The van der Waals surface area contributed by atoms with E-state index < -0.39 is 6.36 Å². The zero-order valence-electron chi connectivity index (χ0n) is 22.3. The predicted octanol–water partition coefficient (Wildman–Crippen LogP) is 5.29. The van der Waals surface area contributed by atoms with Crippen LogP contribution < -0.4 is 10.1 Å². The zero-order valence-corrected chi connectivity index (χ0v) is 23.1. The summed E-state index contributed by atoms with van der Waals surface area (Å²) < 4.78 is 42.8. The minimum absolute atomic E-state index is 0.0345. The molecule has 0 spiro atoms. The summed E-state index contributed by atoms with van der Waals surface area (Å²) in [5.74, 6) is -0.818. The zero-order chi connectivity index (χ0) is 29.2. The number of hydrogen-bond donors (Lipinski definition) is 1. The molecule has 2 aromatic heterocycles. The van der Waals surface area contributed by atoms with Crippen molar-refractivity contribution in [1.29, 1.82) is 0 Å². The van der Waals surface area contributed by atoms with Crippen LogP contribution in [-0.2, 0) is 30.6 Å². The number of alkyl halides is 3. The number of aryl methyl sites for hydroxylation is 2. The van der Waals surface area contributed by atoms with Crippen LogP contribution in [0.4, 0.5) is 13.2 Å². The smallest absolute Gasteiger partial charge is 0.406 e. The standard InChI is InChI=1S/C28H29F3N6O3S/c1-2-23(20-10-4-3-5-11-20)32-27(39)24-18-37(36-33-24)14-7-6-13-25-34-35-26(41-25)17-21(38)15-19-9-8-12-22(16-19)40-28(29,30)31/h3-5,8-12,16,18,23H,2,6-7,13-15,17H2,1H3,(H,32,39)/t23-/m1/s1. The van der Waals surface area contributed by atoms with Gasteiger partial charge in [-0.15, -0.1) is 39.8 Å². The van der Waals surface area contributed by atoms with E-state index in [9.17, 15) is 22.8 Å². The lowest BCUT2D eigenvalue weighted by atomic mass is 10.0. The molecule has 0 fully saturated rings. The molecule has 13 heteroatoms. The summed E-state index contributed by atoms with van der Waals surface area (Å²) in [7, 11) is 0. The second-order valence-corrected chi connectivity index (χ2v) is 10.5. The largest absolute Gasteiger partial charge is 0.573 e. The minimum Gasteiger partial charge on any atom is -0.406 e. The molecule has 216 valence electrons. The molecule has 0 radical (unpaired) electrons. The normalized spacial score (nSPS) is 12.2. The number of nitrogens with one attached hydrogen (secondary N) is 1. The summed E-state index contributed by atoms with van der Waals surface area (Å²) in [4.78, 5) is 25.1. The van der Waals surface area contributed by atoms with Crippen molar-refractivity contribution < 1.29 is 27.5 Å². The van der Waals surface area contributed by atoms with Gasteiger partial charge in [-0.1, -0.05) is 54.6 Å². The molecule has 0 saturated heterocycles. The number of Topliss-reactive ketones (excluding diaryl/α,β-unsaturated/α-hetero) is 1. The van der Waals surface area contributed by atoms with Gasteiger partial charge >= 0.3 is 6.36 Å². The Balaban J connectivity index is 1.18. The van der Waals surface area contributed by atoms with Crippen LogP contribution in [0.1, 0.15) is 63.9 Å². The quantitative estimate of drug-likeness (QED) is 0.200. The first-order valence-electron chi connectivity index (χ1n) is 13.1. The molecule has 0 aliphatic heterocycles. The van der Waals surface area contributed by atoms with Gasteiger partial charge in [0, 0.05) is 19.4 Å². The number of ether oxygens (including phenoxy) is 1. The van der Waals surface area contributed by atoms with Crippen LogP contribution >= 0.6 is 11.3 Å². The fourth-order valence-electron chi connectivity index (χ4n) is 4.17. The maximum absolute atomic E-state index is 12.7. The highest BCUT2D eigenvalue weighted by molar-refractivity contribution is 7.11. The third-order valence-corrected chi connectivity index (χ3v) is 7.09. The van der Waals surface area contributed by atoms with Crippen molar-refractivity contribution in [3.8, 4) is 5.75 Å². The number of rotatable bonds is 14. The monoisotopic (exact) mass is 586 g/mol. The summed E-state index contributed by atoms with van der Waals surface area (Å²) in [6, 6.07) is 15.0. The van der Waals surface area contributed by atoms with Crippen molar-refractivity contribution in [3.05, 3.63) is 87.6 Å². The molecule has 0 bridgehead atoms. The van der Waals surface area contributed by atoms with Crippen LogP contribution in [0.3, 0.4) is 0 Å². The van der Waals surface area contributed by atoms with Gasteiger partial charge in [0.15, 0.2) is 5.69 Å². The SMILES string of the molecule is CC[C@@H](NC(=O)c1cn(CCCCc2nnc(CC(=O)Cc3cccc(OC(F)(F)F)c3)s2)nn1)c1ccccc1. The summed E-state index contributed by atoms with van der Waals surface area (Å²) >= 11 is 1.34. The van der Waals surface area contributed by atoms with Crippen molar-refractivity contribution in [3.63, 3.8) is 0 Å². The van der Waals surface area contributed by atoms with E-state index in [2.05, 4.69) is 30.6 Å². The summed E-state index contributed by atoms with van der Waals surface area (Å²) in [5.41, 5.74) is 1.72. The van der Waals surface area contributed by atoms with Gasteiger partial charge in [0.05, 0.1) is 18.7 Å². The van der Waals surface area contributed by atoms with E-state index in [-0.39, 0.29) is 42.0 Å². The number of carbonyl (C=O) groups excluding carboxylic acids is 2. The van der Waals surface area contributed by atoms with Gasteiger partial charge in [-0.25, -0.2) is 0 Å². The molecule has 0 saturated carbocycles. The van der Waals surface area contributed by atoms with Gasteiger partial charge in [0.2, 0.25) is 0 Å². The molecular formula is C28H29F3N6O3S. The molecule has 1 N–H and O–H groups in total. The highest BCUT2D eigenvalue weighted by Crippen LogP contribution is 2.24. The van der Waals surface area contributed by atoms with E-state index in [0.29, 0.717) is 23.5 Å². The Labute approximate surface area is 238 Å². The fourth-order valence-corrected chi connectivity index (χ4v) is 5.09. The van der Waals surface area contributed by atoms with E-state index >= 15 is 0 Å². The molecule has 1 atom stereocenters. The molecule has 9 nitrogen and oxygen atoms in total. The Bertz CT molecular complexity index is 1440. The topological polar surface area (TPSA) is 112 Å². The number of hydrogen-bond acceptors (Lipinski definition) is 8. The number of amides is 1. The lowest BCUT2D eigenvalue weighted by Gasteiger charge is -2.16. The second kappa shape index (κ2) is 14.0. The first-order valence-corrected chi connectivity index (χ1v) is 13.9. The Morgan fingerprint density at radius 3 is 2.54 bits per heavy atom. The number of unbranched alkanes of at least 4 members (excludes halogenated alkanes) is 1. The average molecular weight is 587 g/mol. The van der Waals surface area contributed by atoms with Gasteiger partial charge in [-0.3, -0.25) is 14.3 Å². The van der Waals surface area contributed by atoms with Crippen LogP contribution in [0.15, 0.2) is 60.8 Å². The second-order valence-electron chi connectivity index (χ2n) is 9.35. The molecule has 4 aromatic rings. The maximum atomic E-state index is 12.7. The molecule has 0 aliphatic rings. The summed E-state index contributed by atoms with van der Waals surface area (Å²) in [5, 5.41) is 20.6. The Hall–Kier alpha value is -4.13. The molecule has 2 heterocycles. The molecule has 2 aromatic carbocycles. The number of ketones is 1. The predicted molar refractivity (Wildman–Crippen MR) is 145 cm³/mol. The van der Waals surface area contributed by atoms with Gasteiger partial charge in [0.1, 0.15) is 21.5 Å². The Kier molecular flexibility index (Phi) is 10.2. The Morgan fingerprint density at radius 1 is 1.00 bits per heavy atom. The molecule has 41 heavy (non-hydrogen) atoms. The first kappa shape index (κ1) is 29.8. The molecule has 0 aliphatic carbocycles. The summed E-state index contributed by atoms with van der Waals surface area (Å²) in [6.45, 7) is 2.59. The van der Waals surface area contributed by atoms with Gasteiger partial charge in [-0.2, -0.15) is 0 Å². The Morgan fingerprint density at radius 2 is 1.78 bits per heavy atom.